The van der Waals surface area contributed by atoms with E-state index in [4.69, 9.17) is 4.74 Å². The maximum atomic E-state index is 13.0. The lowest BCUT2D eigenvalue weighted by Crippen LogP contribution is -2.31. The predicted octanol–water partition coefficient (Wildman–Crippen LogP) is 3.76. The molecule has 0 saturated carbocycles. The molecule has 1 aliphatic heterocycles. The smallest absolute Gasteiger partial charge is 0.266 e. The quantitative estimate of drug-likeness (QED) is 0.787. The van der Waals surface area contributed by atoms with Crippen LogP contribution in [0.4, 0.5) is 5.69 Å². The van der Waals surface area contributed by atoms with Gasteiger partial charge in [-0.2, -0.15) is 0 Å². The average Bonchev–Trinajstić information content (AvgIpc) is 2.85. The van der Waals surface area contributed by atoms with Crippen molar-refractivity contribution in [2.75, 3.05) is 12.0 Å². The fourth-order valence-corrected chi connectivity index (χ4v) is 3.25. The molecule has 4 nitrogen and oxygen atoms in total. The van der Waals surface area contributed by atoms with Gasteiger partial charge in [-0.05, 0) is 41.7 Å². The van der Waals surface area contributed by atoms with Crippen molar-refractivity contribution < 1.29 is 14.3 Å². The molecule has 0 saturated heterocycles. The third-order valence-corrected chi connectivity index (χ3v) is 4.45. The fourth-order valence-electron chi connectivity index (χ4n) is 3.25. The Labute approximate surface area is 142 Å². The van der Waals surface area contributed by atoms with Gasteiger partial charge in [0.15, 0.2) is 0 Å². The maximum absolute atomic E-state index is 13.0. The molecule has 0 atom stereocenters. The van der Waals surface area contributed by atoms with E-state index in [9.17, 15) is 9.59 Å². The molecule has 0 radical (unpaired) electrons. The molecule has 4 heteroatoms. The molecule has 0 bridgehead atoms. The normalized spacial score (nSPS) is 13.5. The van der Waals surface area contributed by atoms with Crippen LogP contribution in [0, 0.1) is 0 Å². The zero-order valence-corrected chi connectivity index (χ0v) is 14.3. The van der Waals surface area contributed by atoms with Crippen LogP contribution in [-0.4, -0.2) is 18.9 Å². The first-order valence-electron chi connectivity index (χ1n) is 8.23. The molecule has 0 N–H and O–H groups in total. The monoisotopic (exact) mass is 323 g/mol. The number of anilines is 1. The number of imide groups is 1. The molecule has 0 spiro atoms. The number of nitrogens with zero attached hydrogens (tertiary/aromatic N) is 1. The lowest BCUT2D eigenvalue weighted by Gasteiger charge is -2.21. The third-order valence-electron chi connectivity index (χ3n) is 4.45. The number of carbonyl (C=O) groups is 2. The van der Waals surface area contributed by atoms with Crippen LogP contribution in [0.3, 0.4) is 0 Å². The summed E-state index contributed by atoms with van der Waals surface area (Å²) in [5.41, 5.74) is 4.60. The highest BCUT2D eigenvalue weighted by Crippen LogP contribution is 2.34. The molecule has 2 amide bonds. The van der Waals surface area contributed by atoms with Gasteiger partial charge in [-0.15, -0.1) is 0 Å². The van der Waals surface area contributed by atoms with Crippen molar-refractivity contribution in [1.29, 1.82) is 0 Å². The molecule has 2 aromatic carbocycles. The SMILES string of the molecule is CCc1cccc(CC)c1N1C(=O)c2ccc(COC)cc2C1=O. The number of rotatable bonds is 5. The molecule has 3 rings (SSSR count). The Hall–Kier alpha value is -2.46. The number of hydrogen-bond acceptors (Lipinski definition) is 3. The molecule has 0 aromatic heterocycles. The summed E-state index contributed by atoms with van der Waals surface area (Å²) < 4.78 is 5.12. The van der Waals surface area contributed by atoms with Crippen molar-refractivity contribution in [2.24, 2.45) is 0 Å². The Balaban J connectivity index is 2.12. The second-order valence-corrected chi connectivity index (χ2v) is 5.89. The number of benzene rings is 2. The van der Waals surface area contributed by atoms with Crippen LogP contribution in [0.1, 0.15) is 51.3 Å². The predicted molar refractivity (Wildman–Crippen MR) is 93.5 cm³/mol. The summed E-state index contributed by atoms with van der Waals surface area (Å²) >= 11 is 0. The Morgan fingerprint density at radius 1 is 0.917 bits per heavy atom. The van der Waals surface area contributed by atoms with Gasteiger partial charge < -0.3 is 4.74 Å². The molecule has 1 heterocycles. The van der Waals surface area contributed by atoms with Gasteiger partial charge in [0.1, 0.15) is 0 Å². The molecular weight excluding hydrogens is 302 g/mol. The topological polar surface area (TPSA) is 46.6 Å². The molecule has 124 valence electrons. The number of hydrogen-bond donors (Lipinski definition) is 0. The summed E-state index contributed by atoms with van der Waals surface area (Å²) in [6.07, 6.45) is 1.54. The van der Waals surface area contributed by atoms with Crippen molar-refractivity contribution in [1.82, 2.24) is 0 Å². The van der Waals surface area contributed by atoms with Gasteiger partial charge in [0, 0.05) is 7.11 Å². The number of aryl methyl sites for hydroxylation is 2. The van der Waals surface area contributed by atoms with E-state index < -0.39 is 0 Å². The van der Waals surface area contributed by atoms with Crippen molar-refractivity contribution in [2.45, 2.75) is 33.3 Å². The number of methoxy groups -OCH3 is 1. The van der Waals surface area contributed by atoms with Gasteiger partial charge in [-0.3, -0.25) is 9.59 Å². The van der Waals surface area contributed by atoms with Crippen LogP contribution in [-0.2, 0) is 24.2 Å². The molecule has 1 aliphatic rings. The number of fused-ring (bicyclic) bond motifs is 1. The van der Waals surface area contributed by atoms with E-state index in [0.717, 1.165) is 35.2 Å². The van der Waals surface area contributed by atoms with E-state index in [1.54, 1.807) is 19.2 Å². The Morgan fingerprint density at radius 2 is 1.54 bits per heavy atom. The van der Waals surface area contributed by atoms with E-state index in [2.05, 4.69) is 0 Å². The molecule has 0 unspecified atom stereocenters. The molecule has 0 fully saturated rings. The van der Waals surface area contributed by atoms with Gasteiger partial charge in [-0.1, -0.05) is 38.1 Å². The molecule has 2 aromatic rings. The molecule has 0 aliphatic carbocycles. The number of amides is 2. The maximum Gasteiger partial charge on any atom is 0.266 e. The van der Waals surface area contributed by atoms with Crippen LogP contribution in [0.2, 0.25) is 0 Å². The van der Waals surface area contributed by atoms with E-state index in [1.165, 1.54) is 4.90 Å². The summed E-state index contributed by atoms with van der Waals surface area (Å²) in [6.45, 7) is 4.49. The average molecular weight is 323 g/mol. The first-order chi connectivity index (χ1) is 11.6. The van der Waals surface area contributed by atoms with E-state index in [1.807, 2.05) is 38.1 Å². The highest BCUT2D eigenvalue weighted by Gasteiger charge is 2.38. The van der Waals surface area contributed by atoms with Crippen molar-refractivity contribution >= 4 is 17.5 Å². The van der Waals surface area contributed by atoms with Gasteiger partial charge in [0.25, 0.3) is 11.8 Å². The van der Waals surface area contributed by atoms with Gasteiger partial charge >= 0.3 is 0 Å². The van der Waals surface area contributed by atoms with Crippen molar-refractivity contribution in [3.63, 3.8) is 0 Å². The standard InChI is InChI=1S/C20H21NO3/c1-4-14-7-6-8-15(5-2)18(14)21-19(22)16-10-9-13(12-24-3)11-17(16)20(21)23/h6-11H,4-5,12H2,1-3H3. The molecule has 24 heavy (non-hydrogen) atoms. The fraction of sp³-hybridized carbons (Fsp3) is 0.300. The van der Waals surface area contributed by atoms with Crippen LogP contribution in [0.5, 0.6) is 0 Å². The van der Waals surface area contributed by atoms with Gasteiger partial charge in [-0.25, -0.2) is 4.90 Å². The van der Waals surface area contributed by atoms with Gasteiger partial charge in [0.2, 0.25) is 0 Å². The van der Waals surface area contributed by atoms with E-state index >= 15 is 0 Å². The highest BCUT2D eigenvalue weighted by atomic mass is 16.5. The minimum Gasteiger partial charge on any atom is -0.380 e. The number of para-hydroxylation sites is 1. The van der Waals surface area contributed by atoms with E-state index in [-0.39, 0.29) is 11.8 Å². The Morgan fingerprint density at radius 3 is 2.12 bits per heavy atom. The minimum atomic E-state index is -0.247. The minimum absolute atomic E-state index is 0.241. The third kappa shape index (κ3) is 2.53. The van der Waals surface area contributed by atoms with Crippen molar-refractivity contribution in [3.05, 3.63) is 64.2 Å². The van der Waals surface area contributed by atoms with Crippen LogP contribution >= 0.6 is 0 Å². The summed E-state index contributed by atoms with van der Waals surface area (Å²) in [5, 5.41) is 0. The van der Waals surface area contributed by atoms with Crippen LogP contribution < -0.4 is 4.90 Å². The Bertz CT molecular complexity index is 788. The largest absolute Gasteiger partial charge is 0.380 e. The number of ether oxygens (including phenoxy) is 1. The van der Waals surface area contributed by atoms with E-state index in [0.29, 0.717) is 17.7 Å². The van der Waals surface area contributed by atoms with Gasteiger partial charge in [0.05, 0.1) is 23.4 Å². The zero-order chi connectivity index (χ0) is 17.3. The second kappa shape index (κ2) is 6.57. The lowest BCUT2D eigenvalue weighted by atomic mass is 10.0. The first-order valence-corrected chi connectivity index (χ1v) is 8.23. The van der Waals surface area contributed by atoms with Crippen molar-refractivity contribution in [3.8, 4) is 0 Å². The Kier molecular flexibility index (Phi) is 4.49. The zero-order valence-electron chi connectivity index (χ0n) is 14.3. The number of carbonyl (C=O) groups excluding carboxylic acids is 2. The lowest BCUT2D eigenvalue weighted by molar-refractivity contribution is 0.0925. The van der Waals surface area contributed by atoms with Crippen LogP contribution in [0.15, 0.2) is 36.4 Å². The summed E-state index contributed by atoms with van der Waals surface area (Å²) in [7, 11) is 1.61. The summed E-state index contributed by atoms with van der Waals surface area (Å²) in [6, 6.07) is 11.3. The summed E-state index contributed by atoms with van der Waals surface area (Å²) in [5.74, 6) is -0.488. The van der Waals surface area contributed by atoms with Crippen LogP contribution in [0.25, 0.3) is 0 Å². The second-order valence-electron chi connectivity index (χ2n) is 5.89. The highest BCUT2D eigenvalue weighted by molar-refractivity contribution is 6.34. The summed E-state index contributed by atoms with van der Waals surface area (Å²) in [4.78, 5) is 27.2. The first kappa shape index (κ1) is 16.4. The molecular formula is C20H21NO3.